The van der Waals surface area contributed by atoms with Gasteiger partial charge >= 0.3 is 5.97 Å². The molecule has 0 fully saturated rings. The molecule has 0 aromatic heterocycles. The summed E-state index contributed by atoms with van der Waals surface area (Å²) >= 11 is 0. The van der Waals surface area contributed by atoms with Crippen LogP contribution in [0, 0.1) is 17.3 Å². The molecule has 0 aromatic rings. The Morgan fingerprint density at radius 1 is 1.40 bits per heavy atom. The van der Waals surface area contributed by atoms with Crippen molar-refractivity contribution >= 4 is 11.9 Å². The molecule has 1 amide bonds. The molecule has 0 heterocycles. The average molecular weight is 211 g/mol. The SMILES string of the molecule is CC(=O)N[C@@H](CC#CC(C)(C)C)C(=O)O. The Hall–Kier alpha value is -1.50. The van der Waals surface area contributed by atoms with Crippen LogP contribution in [0.2, 0.25) is 0 Å². The molecule has 1 atom stereocenters. The van der Waals surface area contributed by atoms with Crippen molar-refractivity contribution in [1.82, 2.24) is 5.32 Å². The van der Waals surface area contributed by atoms with Crippen LogP contribution in [0.1, 0.15) is 34.1 Å². The maximum Gasteiger partial charge on any atom is 0.327 e. The third-order valence-corrected chi connectivity index (χ3v) is 1.45. The van der Waals surface area contributed by atoms with Gasteiger partial charge in [0.2, 0.25) is 5.91 Å². The van der Waals surface area contributed by atoms with E-state index in [1.54, 1.807) is 0 Å². The zero-order valence-electron chi connectivity index (χ0n) is 9.55. The molecule has 0 rings (SSSR count). The first-order valence-corrected chi connectivity index (χ1v) is 4.72. The summed E-state index contributed by atoms with van der Waals surface area (Å²) in [6.07, 6.45) is 0.131. The minimum Gasteiger partial charge on any atom is -0.480 e. The van der Waals surface area contributed by atoms with E-state index in [4.69, 9.17) is 5.11 Å². The monoisotopic (exact) mass is 211 g/mol. The molecule has 0 aliphatic rings. The van der Waals surface area contributed by atoms with Gasteiger partial charge in [0, 0.05) is 18.8 Å². The number of rotatable bonds is 3. The summed E-state index contributed by atoms with van der Waals surface area (Å²) in [5, 5.41) is 11.1. The molecule has 15 heavy (non-hydrogen) atoms. The predicted octanol–water partition coefficient (Wildman–Crippen LogP) is 1.02. The average Bonchev–Trinajstić information content (AvgIpc) is 1.99. The highest BCUT2D eigenvalue weighted by Gasteiger charge is 2.16. The summed E-state index contributed by atoms with van der Waals surface area (Å²) in [6, 6.07) is -0.919. The van der Waals surface area contributed by atoms with Crippen LogP contribution in [-0.4, -0.2) is 23.0 Å². The Bertz CT molecular complexity index is 304. The van der Waals surface area contributed by atoms with E-state index in [0.29, 0.717) is 0 Å². The third-order valence-electron chi connectivity index (χ3n) is 1.45. The number of carbonyl (C=O) groups is 2. The summed E-state index contributed by atoms with van der Waals surface area (Å²) in [4.78, 5) is 21.4. The molecule has 0 saturated carbocycles. The lowest BCUT2D eigenvalue weighted by Crippen LogP contribution is -2.39. The molecule has 4 heteroatoms. The van der Waals surface area contributed by atoms with E-state index in [0.717, 1.165) is 0 Å². The fraction of sp³-hybridized carbons (Fsp3) is 0.636. The zero-order chi connectivity index (χ0) is 12.1. The number of hydrogen-bond acceptors (Lipinski definition) is 2. The highest BCUT2D eigenvalue weighted by Crippen LogP contribution is 2.10. The van der Waals surface area contributed by atoms with Crippen molar-refractivity contribution in [3.8, 4) is 11.8 Å². The fourth-order valence-corrected chi connectivity index (χ4v) is 0.864. The maximum atomic E-state index is 10.7. The number of carboxylic acids is 1. The first kappa shape index (κ1) is 13.5. The van der Waals surface area contributed by atoms with Gasteiger partial charge in [-0.25, -0.2) is 4.79 Å². The van der Waals surface area contributed by atoms with Gasteiger partial charge in [0.15, 0.2) is 0 Å². The van der Waals surface area contributed by atoms with Crippen molar-refractivity contribution in [2.24, 2.45) is 5.41 Å². The second-order valence-electron chi connectivity index (χ2n) is 4.35. The molecule has 0 saturated heterocycles. The Morgan fingerprint density at radius 3 is 2.27 bits per heavy atom. The van der Waals surface area contributed by atoms with Gasteiger partial charge in [-0.05, 0) is 20.8 Å². The minimum atomic E-state index is -1.06. The molecule has 0 aliphatic heterocycles. The molecule has 2 N–H and O–H groups in total. The van der Waals surface area contributed by atoms with Crippen LogP contribution in [-0.2, 0) is 9.59 Å². The smallest absolute Gasteiger partial charge is 0.327 e. The van der Waals surface area contributed by atoms with Crippen molar-refractivity contribution < 1.29 is 14.7 Å². The molecule has 0 aromatic carbocycles. The van der Waals surface area contributed by atoms with Crippen molar-refractivity contribution in [2.45, 2.75) is 40.2 Å². The number of amides is 1. The van der Waals surface area contributed by atoms with Gasteiger partial charge in [0.25, 0.3) is 0 Å². The largest absolute Gasteiger partial charge is 0.480 e. The first-order chi connectivity index (χ1) is 6.72. The van der Waals surface area contributed by atoms with Crippen LogP contribution in [0.5, 0.6) is 0 Å². The summed E-state index contributed by atoms with van der Waals surface area (Å²) in [7, 11) is 0. The van der Waals surface area contributed by atoms with Gasteiger partial charge in [0.05, 0.1) is 0 Å². The summed E-state index contributed by atoms with van der Waals surface area (Å²) in [6.45, 7) is 7.10. The van der Waals surface area contributed by atoms with Gasteiger partial charge < -0.3 is 10.4 Å². The van der Waals surface area contributed by atoms with E-state index in [1.807, 2.05) is 20.8 Å². The van der Waals surface area contributed by atoms with E-state index in [9.17, 15) is 9.59 Å². The Morgan fingerprint density at radius 2 is 1.93 bits per heavy atom. The van der Waals surface area contributed by atoms with Crippen LogP contribution in [0.25, 0.3) is 0 Å². The van der Waals surface area contributed by atoms with Crippen molar-refractivity contribution in [1.29, 1.82) is 0 Å². The number of nitrogens with one attached hydrogen (secondary N) is 1. The standard InChI is InChI=1S/C11H17NO3/c1-8(13)12-9(10(14)15)6-5-7-11(2,3)4/h9H,6H2,1-4H3,(H,12,13)(H,14,15)/t9-/m0/s1. The van der Waals surface area contributed by atoms with E-state index in [2.05, 4.69) is 17.2 Å². The van der Waals surface area contributed by atoms with Gasteiger partial charge in [-0.15, -0.1) is 0 Å². The Balaban J connectivity index is 4.36. The highest BCUT2D eigenvalue weighted by molar-refractivity contribution is 5.82. The van der Waals surface area contributed by atoms with Crippen LogP contribution < -0.4 is 5.32 Å². The second kappa shape index (κ2) is 5.40. The molecular formula is C11H17NO3. The molecule has 84 valence electrons. The molecule has 0 aliphatic carbocycles. The zero-order valence-corrected chi connectivity index (χ0v) is 9.55. The number of aliphatic carboxylic acids is 1. The summed E-state index contributed by atoms with van der Waals surface area (Å²) in [5.74, 6) is 4.26. The van der Waals surface area contributed by atoms with Gasteiger partial charge in [-0.1, -0.05) is 11.8 Å². The van der Waals surface area contributed by atoms with Crippen molar-refractivity contribution in [3.05, 3.63) is 0 Å². The normalized spacial score (nSPS) is 12.3. The fourth-order valence-electron chi connectivity index (χ4n) is 0.864. The van der Waals surface area contributed by atoms with Crippen molar-refractivity contribution in [3.63, 3.8) is 0 Å². The van der Waals surface area contributed by atoms with Crippen LogP contribution in [0.15, 0.2) is 0 Å². The van der Waals surface area contributed by atoms with Gasteiger partial charge in [-0.2, -0.15) is 0 Å². The molecule has 4 nitrogen and oxygen atoms in total. The Kier molecular flexibility index (Phi) is 4.86. The molecule has 0 bridgehead atoms. The topological polar surface area (TPSA) is 66.4 Å². The molecule has 0 radical (unpaired) electrons. The molecular weight excluding hydrogens is 194 g/mol. The molecule has 0 unspecified atom stereocenters. The van der Waals surface area contributed by atoms with Crippen LogP contribution >= 0.6 is 0 Å². The second-order valence-corrected chi connectivity index (χ2v) is 4.35. The lowest BCUT2D eigenvalue weighted by molar-refractivity contribution is -0.141. The number of carboxylic acid groups (broad SMARTS) is 1. The van der Waals surface area contributed by atoms with E-state index < -0.39 is 12.0 Å². The third kappa shape index (κ3) is 7.56. The number of hydrogen-bond donors (Lipinski definition) is 2. The predicted molar refractivity (Wildman–Crippen MR) is 57.1 cm³/mol. The highest BCUT2D eigenvalue weighted by atomic mass is 16.4. The number of carbonyl (C=O) groups excluding carboxylic acids is 1. The van der Waals surface area contributed by atoms with E-state index >= 15 is 0 Å². The summed E-state index contributed by atoms with van der Waals surface area (Å²) < 4.78 is 0. The Labute approximate surface area is 90.1 Å². The van der Waals surface area contributed by atoms with Gasteiger partial charge in [0.1, 0.15) is 6.04 Å². The maximum absolute atomic E-state index is 10.7. The van der Waals surface area contributed by atoms with Crippen molar-refractivity contribution in [2.75, 3.05) is 0 Å². The minimum absolute atomic E-state index is 0.131. The van der Waals surface area contributed by atoms with Crippen LogP contribution in [0.3, 0.4) is 0 Å². The van der Waals surface area contributed by atoms with Gasteiger partial charge in [-0.3, -0.25) is 4.79 Å². The lowest BCUT2D eigenvalue weighted by atomic mass is 9.97. The van der Waals surface area contributed by atoms with E-state index in [1.165, 1.54) is 6.92 Å². The molecule has 0 spiro atoms. The first-order valence-electron chi connectivity index (χ1n) is 4.72. The quantitative estimate of drug-likeness (QED) is 0.685. The summed E-state index contributed by atoms with van der Waals surface area (Å²) in [5.41, 5.74) is -0.153. The van der Waals surface area contributed by atoms with Crippen LogP contribution in [0.4, 0.5) is 0 Å². The van der Waals surface area contributed by atoms with E-state index in [-0.39, 0.29) is 17.7 Å². The lowest BCUT2D eigenvalue weighted by Gasteiger charge is -2.10.